The number of carbonyl (C=O) groups is 2. The van der Waals surface area contributed by atoms with Gasteiger partial charge in [0.25, 0.3) is 0 Å². The zero-order valence-corrected chi connectivity index (χ0v) is 13.1. The predicted molar refractivity (Wildman–Crippen MR) is 81.6 cm³/mol. The highest BCUT2D eigenvalue weighted by atomic mass is 32.1. The van der Waals surface area contributed by atoms with Crippen LogP contribution in [0, 0.1) is 13.8 Å². The summed E-state index contributed by atoms with van der Waals surface area (Å²) < 4.78 is 0. The molecule has 3 N–H and O–H groups in total. The molecule has 0 aliphatic heterocycles. The number of amides is 1. The third-order valence-electron chi connectivity index (χ3n) is 3.03. The first-order chi connectivity index (χ1) is 9.16. The molecule has 1 heterocycles. The minimum atomic E-state index is -1.14. The number of aliphatic carboxylic acids is 1. The number of hydrogen-bond donors (Lipinski definition) is 2. The van der Waals surface area contributed by atoms with Crippen LogP contribution in [0.3, 0.4) is 0 Å². The van der Waals surface area contributed by atoms with Gasteiger partial charge in [0.2, 0.25) is 5.91 Å². The lowest BCUT2D eigenvalue weighted by Gasteiger charge is -2.12. The number of carboxylic acids is 1. The van der Waals surface area contributed by atoms with Crippen LogP contribution in [0.1, 0.15) is 36.1 Å². The number of nitrogens with two attached hydrogens (primary N) is 1. The Balaban J connectivity index is 3.66. The first-order valence-electron chi connectivity index (χ1n) is 6.16. The first-order valence-corrected chi connectivity index (χ1v) is 6.97. The number of rotatable bonds is 4. The molecule has 0 fully saturated rings. The summed E-state index contributed by atoms with van der Waals surface area (Å²) in [5.74, 6) is -1.85. The van der Waals surface area contributed by atoms with E-state index in [2.05, 4.69) is 0 Å². The zero-order valence-electron chi connectivity index (χ0n) is 12.3. The van der Waals surface area contributed by atoms with Gasteiger partial charge in [-0.1, -0.05) is 5.57 Å². The van der Waals surface area contributed by atoms with Gasteiger partial charge in [-0.3, -0.25) is 4.79 Å². The van der Waals surface area contributed by atoms with E-state index in [4.69, 9.17) is 5.73 Å². The Hall–Kier alpha value is -1.88. The molecule has 1 rings (SSSR count). The number of allylic oxidation sites excluding steroid dienone is 2. The second kappa shape index (κ2) is 6.05. The molecular weight excluding hydrogens is 274 g/mol. The van der Waals surface area contributed by atoms with Crippen molar-refractivity contribution in [2.75, 3.05) is 0 Å². The van der Waals surface area contributed by atoms with Crippen molar-refractivity contribution in [3.8, 4) is 0 Å². The predicted octanol–water partition coefficient (Wildman–Crippen LogP) is 3.04. The summed E-state index contributed by atoms with van der Waals surface area (Å²) in [5, 5.41) is 9.47. The summed E-state index contributed by atoms with van der Waals surface area (Å²) >= 11 is 1.60. The second-order valence-electron chi connectivity index (χ2n) is 4.87. The smallest absolute Gasteiger partial charge is 0.336 e. The van der Waals surface area contributed by atoms with E-state index in [-0.39, 0.29) is 11.1 Å². The van der Waals surface area contributed by atoms with Crippen LogP contribution in [0.15, 0.2) is 22.8 Å². The molecule has 0 atom stereocenters. The molecule has 5 heteroatoms. The molecule has 0 bridgehead atoms. The Morgan fingerprint density at radius 3 is 2.00 bits per heavy atom. The lowest BCUT2D eigenvalue weighted by Crippen LogP contribution is -2.21. The molecule has 0 aliphatic carbocycles. The van der Waals surface area contributed by atoms with Crippen LogP contribution in [0.25, 0.3) is 5.57 Å². The molecule has 0 spiro atoms. The Labute approximate surface area is 122 Å². The summed E-state index contributed by atoms with van der Waals surface area (Å²) in [6.45, 7) is 8.97. The van der Waals surface area contributed by atoms with Gasteiger partial charge in [0.1, 0.15) is 0 Å². The molecule has 0 aliphatic rings. The summed E-state index contributed by atoms with van der Waals surface area (Å²) in [5.41, 5.74) is 7.42. The van der Waals surface area contributed by atoms with E-state index in [1.54, 1.807) is 32.1 Å². The van der Waals surface area contributed by atoms with E-state index in [1.165, 1.54) is 0 Å². The number of hydrogen-bond acceptors (Lipinski definition) is 3. The topological polar surface area (TPSA) is 80.4 Å². The van der Waals surface area contributed by atoms with Gasteiger partial charge >= 0.3 is 5.97 Å². The normalized spacial score (nSPS) is 11.8. The molecule has 0 saturated carbocycles. The van der Waals surface area contributed by atoms with Gasteiger partial charge in [0.15, 0.2) is 0 Å². The maximum atomic E-state index is 11.6. The Kier molecular flexibility index (Phi) is 4.89. The third-order valence-corrected chi connectivity index (χ3v) is 4.00. The summed E-state index contributed by atoms with van der Waals surface area (Å²) in [6, 6.07) is 1.93. The molecule has 0 radical (unpaired) electrons. The fraction of sp³-hybridized carbons (Fsp3) is 0.333. The summed E-state index contributed by atoms with van der Waals surface area (Å²) in [6.07, 6.45) is 0. The molecule has 1 aromatic rings. The van der Waals surface area contributed by atoms with Gasteiger partial charge in [-0.05, 0) is 51.8 Å². The maximum absolute atomic E-state index is 11.6. The summed E-state index contributed by atoms with van der Waals surface area (Å²) in [4.78, 5) is 25.3. The standard InChI is InChI=1S/C15H19NO3S/c1-7(2)12(14(16)17)13(15(18)19)9(4)11-6-8(3)20-10(11)5/h6H,1-5H3,(H2,16,17)(H,18,19)/b13-9+. The minimum absolute atomic E-state index is 0.0154. The molecule has 108 valence electrons. The fourth-order valence-corrected chi connectivity index (χ4v) is 3.19. The van der Waals surface area contributed by atoms with Gasteiger partial charge in [0.05, 0.1) is 11.1 Å². The minimum Gasteiger partial charge on any atom is -0.478 e. The Morgan fingerprint density at radius 1 is 1.15 bits per heavy atom. The average molecular weight is 293 g/mol. The van der Waals surface area contributed by atoms with Crippen molar-refractivity contribution in [3.63, 3.8) is 0 Å². The molecule has 1 aromatic heterocycles. The number of thiophene rings is 1. The van der Waals surface area contributed by atoms with Crippen molar-refractivity contribution in [1.29, 1.82) is 0 Å². The van der Waals surface area contributed by atoms with E-state index < -0.39 is 11.9 Å². The highest BCUT2D eigenvalue weighted by molar-refractivity contribution is 7.12. The van der Waals surface area contributed by atoms with Crippen molar-refractivity contribution in [2.24, 2.45) is 5.73 Å². The van der Waals surface area contributed by atoms with Crippen molar-refractivity contribution >= 4 is 28.8 Å². The van der Waals surface area contributed by atoms with E-state index in [0.717, 1.165) is 15.3 Å². The Bertz CT molecular complexity index is 632. The molecule has 4 nitrogen and oxygen atoms in total. The van der Waals surface area contributed by atoms with Crippen LogP contribution in [-0.2, 0) is 9.59 Å². The van der Waals surface area contributed by atoms with Gasteiger partial charge in [-0.2, -0.15) is 0 Å². The van der Waals surface area contributed by atoms with Gasteiger partial charge < -0.3 is 10.8 Å². The maximum Gasteiger partial charge on any atom is 0.336 e. The lowest BCUT2D eigenvalue weighted by atomic mass is 9.93. The third kappa shape index (κ3) is 3.17. The van der Waals surface area contributed by atoms with E-state index in [1.807, 2.05) is 19.9 Å². The van der Waals surface area contributed by atoms with Crippen LogP contribution in [-0.4, -0.2) is 17.0 Å². The second-order valence-corrected chi connectivity index (χ2v) is 6.33. The van der Waals surface area contributed by atoms with E-state index in [0.29, 0.717) is 11.1 Å². The van der Waals surface area contributed by atoms with Crippen molar-refractivity contribution in [3.05, 3.63) is 38.1 Å². The largest absolute Gasteiger partial charge is 0.478 e. The van der Waals surface area contributed by atoms with Crippen molar-refractivity contribution in [2.45, 2.75) is 34.6 Å². The van der Waals surface area contributed by atoms with Crippen LogP contribution in [0.4, 0.5) is 0 Å². The molecule has 0 aromatic carbocycles. The van der Waals surface area contributed by atoms with Gasteiger partial charge in [-0.25, -0.2) is 4.79 Å². The summed E-state index contributed by atoms with van der Waals surface area (Å²) in [7, 11) is 0. The quantitative estimate of drug-likeness (QED) is 0.661. The van der Waals surface area contributed by atoms with Gasteiger partial charge in [-0.15, -0.1) is 11.3 Å². The van der Waals surface area contributed by atoms with E-state index >= 15 is 0 Å². The monoisotopic (exact) mass is 293 g/mol. The lowest BCUT2D eigenvalue weighted by molar-refractivity contribution is -0.132. The molecule has 0 saturated heterocycles. The van der Waals surface area contributed by atoms with Crippen molar-refractivity contribution in [1.82, 2.24) is 0 Å². The van der Waals surface area contributed by atoms with Crippen LogP contribution in [0.5, 0.6) is 0 Å². The first kappa shape index (κ1) is 16.2. The highest BCUT2D eigenvalue weighted by Crippen LogP contribution is 2.32. The van der Waals surface area contributed by atoms with Crippen LogP contribution >= 0.6 is 11.3 Å². The number of aryl methyl sites for hydroxylation is 2. The van der Waals surface area contributed by atoms with E-state index in [9.17, 15) is 14.7 Å². The average Bonchev–Trinajstić information content (AvgIpc) is 2.62. The molecular formula is C15H19NO3S. The van der Waals surface area contributed by atoms with Crippen LogP contribution < -0.4 is 5.73 Å². The van der Waals surface area contributed by atoms with Gasteiger partial charge in [0, 0.05) is 9.75 Å². The number of carbonyl (C=O) groups excluding carboxylic acids is 1. The SMILES string of the molecule is CC(C)=C(C(N)=O)/C(C(=O)O)=C(/C)c1cc(C)sc1C. The number of primary amides is 1. The zero-order chi connectivity index (χ0) is 15.6. The van der Waals surface area contributed by atoms with Crippen LogP contribution in [0.2, 0.25) is 0 Å². The fourth-order valence-electron chi connectivity index (χ4n) is 2.21. The van der Waals surface area contributed by atoms with Crippen molar-refractivity contribution < 1.29 is 14.7 Å². The molecule has 1 amide bonds. The number of carboxylic acid groups (broad SMARTS) is 1. The molecule has 0 unspecified atom stereocenters. The highest BCUT2D eigenvalue weighted by Gasteiger charge is 2.23. The Morgan fingerprint density at radius 2 is 1.70 bits per heavy atom. The molecule has 20 heavy (non-hydrogen) atoms.